The van der Waals surface area contributed by atoms with Gasteiger partial charge in [-0.3, -0.25) is 9.36 Å². The summed E-state index contributed by atoms with van der Waals surface area (Å²) >= 11 is 6.40. The zero-order chi connectivity index (χ0) is 19.8. The van der Waals surface area contributed by atoms with Crippen molar-refractivity contribution < 1.29 is 14.0 Å². The minimum Gasteiger partial charge on any atom is -0.321 e. The van der Waals surface area contributed by atoms with Crippen LogP contribution in [0.15, 0.2) is 47.3 Å². The number of hydrogen-bond donors (Lipinski definition) is 2. The highest BCUT2D eigenvalue weighted by molar-refractivity contribution is 7.61. The Bertz CT molecular complexity index is 1090. The molecule has 2 aromatic carbocycles. The molecule has 0 saturated carbocycles. The Balaban J connectivity index is 2.15. The van der Waals surface area contributed by atoms with Crippen molar-refractivity contribution in [2.75, 3.05) is 0 Å². The lowest BCUT2D eigenvalue weighted by Gasteiger charge is -2.17. The maximum Gasteiger partial charge on any atom is 0.364 e. The second-order valence-corrected chi connectivity index (χ2v) is 8.75. The zero-order valence-electron chi connectivity index (χ0n) is 15.3. The average Bonchev–Trinajstić information content (AvgIpc) is 2.61. The molecule has 0 aliphatic carbocycles. The van der Waals surface area contributed by atoms with Crippen LogP contribution in [0, 0.1) is 6.92 Å². The average molecular weight is 406 g/mol. The van der Waals surface area contributed by atoms with Crippen LogP contribution in [0.25, 0.3) is 22.0 Å². The maximum absolute atomic E-state index is 12.6. The summed E-state index contributed by atoms with van der Waals surface area (Å²) in [5, 5.41) is 0.817. The number of nitrogens with one attached hydrogen (secondary N) is 1. The number of pyridine rings is 1. The standard InChI is InChI=1S/C20H21ClNO4P/c1-4-13(3)26-27(24,25)19-10-15-9-16(14-7-5-12(2)6-8-14)17(21)11-18(15)22-20(19)23/h5-11,13H,4H2,1-3H3,(H,22,23)(H,24,25). The van der Waals surface area contributed by atoms with E-state index in [-0.39, 0.29) is 5.30 Å². The Hall–Kier alpha value is -1.91. The highest BCUT2D eigenvalue weighted by Gasteiger charge is 2.29. The van der Waals surface area contributed by atoms with Crippen LogP contribution in [0.4, 0.5) is 0 Å². The van der Waals surface area contributed by atoms with Crippen LogP contribution < -0.4 is 10.9 Å². The first-order valence-electron chi connectivity index (χ1n) is 8.66. The van der Waals surface area contributed by atoms with E-state index < -0.39 is 19.3 Å². The summed E-state index contributed by atoms with van der Waals surface area (Å²) in [4.78, 5) is 25.3. The van der Waals surface area contributed by atoms with E-state index in [0.717, 1.165) is 16.7 Å². The lowest BCUT2D eigenvalue weighted by molar-refractivity contribution is 0.192. The Kier molecular flexibility index (Phi) is 5.59. The molecule has 7 heteroatoms. The molecular formula is C20H21ClNO4P. The second kappa shape index (κ2) is 7.61. The molecule has 0 aliphatic heterocycles. The maximum atomic E-state index is 12.6. The highest BCUT2D eigenvalue weighted by Crippen LogP contribution is 2.42. The summed E-state index contributed by atoms with van der Waals surface area (Å²) in [7, 11) is -4.24. The Morgan fingerprint density at radius 2 is 1.89 bits per heavy atom. The molecule has 27 heavy (non-hydrogen) atoms. The van der Waals surface area contributed by atoms with Crippen LogP contribution in [0.5, 0.6) is 0 Å². The molecule has 3 rings (SSSR count). The molecule has 0 bridgehead atoms. The molecule has 0 fully saturated rings. The van der Waals surface area contributed by atoms with Gasteiger partial charge in [0.15, 0.2) is 0 Å². The monoisotopic (exact) mass is 405 g/mol. The Morgan fingerprint density at radius 3 is 2.52 bits per heavy atom. The third-order valence-corrected chi connectivity index (χ3v) is 6.38. The number of aromatic nitrogens is 1. The minimum absolute atomic E-state index is 0.271. The molecule has 0 aliphatic rings. The number of aromatic amines is 1. The number of H-pyrrole nitrogens is 1. The van der Waals surface area contributed by atoms with E-state index in [2.05, 4.69) is 4.98 Å². The Labute approximate surface area is 162 Å². The van der Waals surface area contributed by atoms with Crippen molar-refractivity contribution in [3.05, 3.63) is 63.4 Å². The van der Waals surface area contributed by atoms with Gasteiger partial charge in [0.05, 0.1) is 11.1 Å². The highest BCUT2D eigenvalue weighted by atomic mass is 35.5. The number of aryl methyl sites for hydroxylation is 1. The molecule has 0 radical (unpaired) electrons. The third-order valence-electron chi connectivity index (χ3n) is 4.48. The van der Waals surface area contributed by atoms with Gasteiger partial charge < -0.3 is 14.4 Å². The molecule has 0 spiro atoms. The molecular weight excluding hydrogens is 385 g/mol. The second-order valence-electron chi connectivity index (χ2n) is 6.61. The fourth-order valence-electron chi connectivity index (χ4n) is 2.76. The molecule has 2 unspecified atom stereocenters. The van der Waals surface area contributed by atoms with E-state index in [4.69, 9.17) is 16.1 Å². The SMILES string of the molecule is CCC(C)OP(=O)(O)c1cc2cc(-c3ccc(C)cc3)c(Cl)cc2[nH]c1=O. The molecule has 0 amide bonds. The Morgan fingerprint density at radius 1 is 1.22 bits per heavy atom. The first-order chi connectivity index (χ1) is 12.7. The van der Waals surface area contributed by atoms with Crippen molar-refractivity contribution in [1.29, 1.82) is 0 Å². The summed E-state index contributed by atoms with van der Waals surface area (Å²) in [6.07, 6.45) is 0.118. The van der Waals surface area contributed by atoms with Crippen molar-refractivity contribution in [1.82, 2.24) is 4.98 Å². The third kappa shape index (κ3) is 4.17. The molecule has 1 heterocycles. The van der Waals surface area contributed by atoms with Crippen molar-refractivity contribution in [2.24, 2.45) is 0 Å². The van der Waals surface area contributed by atoms with Crippen molar-refractivity contribution in [3.63, 3.8) is 0 Å². The van der Waals surface area contributed by atoms with Crippen LogP contribution in [0.3, 0.4) is 0 Å². The van der Waals surface area contributed by atoms with E-state index >= 15 is 0 Å². The topological polar surface area (TPSA) is 79.4 Å². The molecule has 0 saturated heterocycles. The largest absolute Gasteiger partial charge is 0.364 e. The van der Waals surface area contributed by atoms with Crippen LogP contribution in [0.1, 0.15) is 25.8 Å². The van der Waals surface area contributed by atoms with Gasteiger partial charge in [0.25, 0.3) is 5.56 Å². The predicted molar refractivity (Wildman–Crippen MR) is 110 cm³/mol. The lowest BCUT2D eigenvalue weighted by Crippen LogP contribution is -2.29. The molecule has 2 atom stereocenters. The van der Waals surface area contributed by atoms with Crippen LogP contribution in [-0.4, -0.2) is 16.0 Å². The number of benzene rings is 2. The van der Waals surface area contributed by atoms with Crippen LogP contribution >= 0.6 is 19.2 Å². The first kappa shape index (κ1) is 19.8. The number of hydrogen-bond acceptors (Lipinski definition) is 3. The minimum atomic E-state index is -4.24. The van der Waals surface area contributed by atoms with Crippen molar-refractivity contribution in [3.8, 4) is 11.1 Å². The number of halogens is 1. The molecule has 5 nitrogen and oxygen atoms in total. The zero-order valence-corrected chi connectivity index (χ0v) is 17.0. The van der Waals surface area contributed by atoms with Gasteiger partial charge in [-0.2, -0.15) is 0 Å². The number of fused-ring (bicyclic) bond motifs is 1. The van der Waals surface area contributed by atoms with E-state index in [9.17, 15) is 14.3 Å². The fraction of sp³-hybridized carbons (Fsp3) is 0.250. The lowest BCUT2D eigenvalue weighted by atomic mass is 10.0. The quantitative estimate of drug-likeness (QED) is 0.598. The summed E-state index contributed by atoms with van der Waals surface area (Å²) in [6.45, 7) is 5.53. The van der Waals surface area contributed by atoms with Gasteiger partial charge in [0, 0.05) is 11.1 Å². The van der Waals surface area contributed by atoms with Gasteiger partial charge in [-0.05, 0) is 49.4 Å². The van der Waals surface area contributed by atoms with Gasteiger partial charge in [0.2, 0.25) is 0 Å². The summed E-state index contributed by atoms with van der Waals surface area (Å²) in [6, 6.07) is 12.7. The summed E-state index contributed by atoms with van der Waals surface area (Å²) in [5.74, 6) is 0. The van der Waals surface area contributed by atoms with Gasteiger partial charge in [0.1, 0.15) is 5.30 Å². The van der Waals surface area contributed by atoms with Gasteiger partial charge >= 0.3 is 7.60 Å². The molecule has 2 N–H and O–H groups in total. The smallest absolute Gasteiger partial charge is 0.321 e. The predicted octanol–water partition coefficient (Wildman–Crippen LogP) is 4.78. The van der Waals surface area contributed by atoms with Gasteiger partial charge in [-0.25, -0.2) is 0 Å². The summed E-state index contributed by atoms with van der Waals surface area (Å²) < 4.78 is 17.8. The van der Waals surface area contributed by atoms with Crippen LogP contribution in [0.2, 0.25) is 5.02 Å². The van der Waals surface area contributed by atoms with E-state index in [1.165, 1.54) is 6.07 Å². The van der Waals surface area contributed by atoms with Gasteiger partial charge in [-0.1, -0.05) is 48.4 Å². The van der Waals surface area contributed by atoms with Crippen LogP contribution in [-0.2, 0) is 9.09 Å². The van der Waals surface area contributed by atoms with E-state index in [1.54, 1.807) is 19.1 Å². The van der Waals surface area contributed by atoms with Crippen molar-refractivity contribution >= 4 is 35.4 Å². The molecule has 3 aromatic rings. The molecule has 142 valence electrons. The first-order valence-corrected chi connectivity index (χ1v) is 10.6. The van der Waals surface area contributed by atoms with E-state index in [1.807, 2.05) is 38.1 Å². The fourth-order valence-corrected chi connectivity index (χ4v) is 4.39. The summed E-state index contributed by atoms with van der Waals surface area (Å²) in [5.41, 5.74) is 2.66. The van der Waals surface area contributed by atoms with E-state index in [0.29, 0.717) is 22.3 Å². The number of rotatable bonds is 5. The van der Waals surface area contributed by atoms with Gasteiger partial charge in [-0.15, -0.1) is 0 Å². The molecule has 1 aromatic heterocycles. The van der Waals surface area contributed by atoms with Crippen molar-refractivity contribution in [2.45, 2.75) is 33.3 Å². The normalized spacial score (nSPS) is 14.9.